The molecule has 0 bridgehead atoms. The van der Waals surface area contributed by atoms with Crippen LogP contribution in [0.25, 0.3) is 0 Å². The number of non-ortho nitro benzene ring substituents is 1. The molecule has 3 aromatic rings. The van der Waals surface area contributed by atoms with Crippen LogP contribution in [0.5, 0.6) is 11.5 Å². The van der Waals surface area contributed by atoms with Gasteiger partial charge in [0.05, 0.1) is 22.2 Å². The molecule has 0 aliphatic rings. The Labute approximate surface area is 209 Å². The van der Waals surface area contributed by atoms with E-state index >= 15 is 0 Å². The molecule has 35 heavy (non-hydrogen) atoms. The molecule has 0 saturated carbocycles. The molecular weight excluding hydrogens is 520 g/mol. The van der Waals surface area contributed by atoms with Crippen molar-refractivity contribution in [2.45, 2.75) is 6.92 Å². The van der Waals surface area contributed by atoms with Gasteiger partial charge in [0.2, 0.25) is 0 Å². The Balaban J connectivity index is 1.65. The molecule has 0 aliphatic carbocycles. The third-order valence-corrected chi connectivity index (χ3v) is 5.05. The summed E-state index contributed by atoms with van der Waals surface area (Å²) in [5, 5.41) is 17.4. The Hall–Kier alpha value is -4.25. The summed E-state index contributed by atoms with van der Waals surface area (Å²) in [6, 6.07) is 17.5. The van der Waals surface area contributed by atoms with Gasteiger partial charge in [0.1, 0.15) is 0 Å². The minimum Gasteiger partial charge on any atom is -0.490 e. The highest BCUT2D eigenvalue weighted by Gasteiger charge is 2.14. The topological polar surface area (TPSA) is 132 Å². The summed E-state index contributed by atoms with van der Waals surface area (Å²) in [6.45, 7) is 1.94. The molecular formula is C24H21BrN4O6. The van der Waals surface area contributed by atoms with Crippen LogP contribution in [0, 0.1) is 10.1 Å². The number of nitrogens with zero attached hydrogens (tertiary/aromatic N) is 2. The Bertz CT molecular complexity index is 1230. The number of para-hydroxylation sites is 1. The van der Waals surface area contributed by atoms with E-state index in [0.29, 0.717) is 33.8 Å². The van der Waals surface area contributed by atoms with E-state index in [1.54, 1.807) is 24.3 Å². The molecule has 0 unspecified atom stereocenters. The number of ether oxygens (including phenoxy) is 2. The number of rotatable bonds is 10. The summed E-state index contributed by atoms with van der Waals surface area (Å²) in [4.78, 5) is 34.6. The predicted molar refractivity (Wildman–Crippen MR) is 134 cm³/mol. The van der Waals surface area contributed by atoms with Crippen LogP contribution in [0.3, 0.4) is 0 Å². The van der Waals surface area contributed by atoms with E-state index in [4.69, 9.17) is 9.47 Å². The molecule has 3 aromatic carbocycles. The smallest absolute Gasteiger partial charge is 0.271 e. The maximum atomic E-state index is 12.2. The highest BCUT2D eigenvalue weighted by molar-refractivity contribution is 9.10. The predicted octanol–water partition coefficient (Wildman–Crippen LogP) is 4.54. The lowest BCUT2D eigenvalue weighted by Crippen LogP contribution is -2.20. The standard InChI is InChI=1S/C24H21BrN4O6/c1-2-34-21-13-16(14-26-28-24(31)17-8-10-19(11-9-17)29(32)33)12-20(25)23(21)35-15-22(30)27-18-6-4-3-5-7-18/h3-14H,2,15H2,1H3,(H,27,30)(H,28,31)/b26-14+. The Morgan fingerprint density at radius 2 is 1.80 bits per heavy atom. The zero-order valence-corrected chi connectivity index (χ0v) is 20.2. The van der Waals surface area contributed by atoms with Crippen LogP contribution in [0.4, 0.5) is 11.4 Å². The average molecular weight is 541 g/mol. The summed E-state index contributed by atoms with van der Waals surface area (Å²) in [7, 11) is 0. The molecule has 0 aliphatic heterocycles. The van der Waals surface area contributed by atoms with Crippen molar-refractivity contribution >= 4 is 45.3 Å². The van der Waals surface area contributed by atoms with Crippen LogP contribution in [0.15, 0.2) is 76.3 Å². The molecule has 0 radical (unpaired) electrons. The lowest BCUT2D eigenvalue weighted by atomic mass is 10.2. The number of carbonyl (C=O) groups is 2. The van der Waals surface area contributed by atoms with Gasteiger partial charge in [-0.2, -0.15) is 5.10 Å². The van der Waals surface area contributed by atoms with Crippen LogP contribution in [0.1, 0.15) is 22.8 Å². The quantitative estimate of drug-likeness (QED) is 0.220. The fourth-order valence-electron chi connectivity index (χ4n) is 2.89. The van der Waals surface area contributed by atoms with Crippen LogP contribution in [0.2, 0.25) is 0 Å². The Kier molecular flexibility index (Phi) is 8.90. The average Bonchev–Trinajstić information content (AvgIpc) is 2.84. The summed E-state index contributed by atoms with van der Waals surface area (Å²) in [5.74, 6) is -0.116. The first-order valence-corrected chi connectivity index (χ1v) is 11.2. The largest absolute Gasteiger partial charge is 0.490 e. The minimum atomic E-state index is -0.545. The molecule has 2 amide bonds. The van der Waals surface area contributed by atoms with Crippen molar-refractivity contribution in [3.05, 3.63) is 92.4 Å². The second-order valence-corrected chi connectivity index (χ2v) is 7.82. The van der Waals surface area contributed by atoms with Crippen molar-refractivity contribution in [3.63, 3.8) is 0 Å². The summed E-state index contributed by atoms with van der Waals surface area (Å²) >= 11 is 3.42. The van der Waals surface area contributed by atoms with E-state index < -0.39 is 10.8 Å². The fraction of sp³-hybridized carbons (Fsp3) is 0.125. The first-order chi connectivity index (χ1) is 16.9. The van der Waals surface area contributed by atoms with Gasteiger partial charge < -0.3 is 14.8 Å². The fourth-order valence-corrected chi connectivity index (χ4v) is 3.46. The van der Waals surface area contributed by atoms with E-state index in [1.165, 1.54) is 30.5 Å². The van der Waals surface area contributed by atoms with Crippen molar-refractivity contribution in [1.29, 1.82) is 0 Å². The van der Waals surface area contributed by atoms with Crippen LogP contribution < -0.4 is 20.2 Å². The number of nitrogens with one attached hydrogen (secondary N) is 2. The number of benzene rings is 3. The van der Waals surface area contributed by atoms with Gasteiger partial charge in [0.25, 0.3) is 17.5 Å². The van der Waals surface area contributed by atoms with Crippen LogP contribution >= 0.6 is 15.9 Å². The normalized spacial score (nSPS) is 10.6. The number of hydrazone groups is 1. The lowest BCUT2D eigenvalue weighted by Gasteiger charge is -2.14. The van der Waals surface area contributed by atoms with Crippen molar-refractivity contribution < 1.29 is 24.0 Å². The number of carbonyl (C=O) groups excluding carboxylic acids is 2. The van der Waals surface area contributed by atoms with E-state index in [0.717, 1.165) is 0 Å². The van der Waals surface area contributed by atoms with E-state index in [9.17, 15) is 19.7 Å². The molecule has 10 nitrogen and oxygen atoms in total. The number of nitro groups is 1. The van der Waals surface area contributed by atoms with Gasteiger partial charge in [-0.1, -0.05) is 18.2 Å². The third kappa shape index (κ3) is 7.37. The van der Waals surface area contributed by atoms with Gasteiger partial charge in [0.15, 0.2) is 18.1 Å². The zero-order valence-electron chi connectivity index (χ0n) is 18.6. The molecule has 3 rings (SSSR count). The lowest BCUT2D eigenvalue weighted by molar-refractivity contribution is -0.384. The van der Waals surface area contributed by atoms with Gasteiger partial charge in [-0.25, -0.2) is 5.43 Å². The van der Waals surface area contributed by atoms with E-state index in [-0.39, 0.29) is 23.8 Å². The van der Waals surface area contributed by atoms with Gasteiger partial charge >= 0.3 is 0 Å². The molecule has 180 valence electrons. The van der Waals surface area contributed by atoms with Gasteiger partial charge in [-0.3, -0.25) is 19.7 Å². The zero-order chi connectivity index (χ0) is 25.2. The van der Waals surface area contributed by atoms with E-state index in [2.05, 4.69) is 31.8 Å². The molecule has 0 spiro atoms. The molecule has 0 heterocycles. The van der Waals surface area contributed by atoms with Gasteiger partial charge in [-0.05, 0) is 64.8 Å². The first kappa shape index (κ1) is 25.4. The molecule has 2 N–H and O–H groups in total. The second-order valence-electron chi connectivity index (χ2n) is 6.97. The maximum Gasteiger partial charge on any atom is 0.271 e. The Morgan fingerprint density at radius 3 is 2.46 bits per heavy atom. The molecule has 0 atom stereocenters. The molecule has 11 heteroatoms. The number of hydrogen-bond acceptors (Lipinski definition) is 7. The maximum absolute atomic E-state index is 12.2. The first-order valence-electron chi connectivity index (χ1n) is 10.4. The number of hydrogen-bond donors (Lipinski definition) is 2. The summed E-state index contributed by atoms with van der Waals surface area (Å²) in [5.41, 5.74) is 3.72. The number of nitro benzene ring substituents is 1. The molecule has 0 fully saturated rings. The third-order valence-electron chi connectivity index (χ3n) is 4.46. The number of amides is 2. The number of halogens is 1. The van der Waals surface area contributed by atoms with Crippen molar-refractivity contribution in [2.24, 2.45) is 5.10 Å². The van der Waals surface area contributed by atoms with E-state index in [1.807, 2.05) is 25.1 Å². The highest BCUT2D eigenvalue weighted by atomic mass is 79.9. The summed E-state index contributed by atoms with van der Waals surface area (Å²) in [6.07, 6.45) is 1.41. The van der Waals surface area contributed by atoms with Gasteiger partial charge in [-0.15, -0.1) is 0 Å². The SMILES string of the molecule is CCOc1cc(/C=N/NC(=O)c2ccc([N+](=O)[O-])cc2)cc(Br)c1OCC(=O)Nc1ccccc1. The van der Waals surface area contributed by atoms with Crippen molar-refractivity contribution in [2.75, 3.05) is 18.5 Å². The monoisotopic (exact) mass is 540 g/mol. The number of anilines is 1. The molecule has 0 saturated heterocycles. The van der Waals surface area contributed by atoms with Crippen LogP contribution in [-0.4, -0.2) is 36.2 Å². The minimum absolute atomic E-state index is 0.113. The second kappa shape index (κ2) is 12.3. The summed E-state index contributed by atoms with van der Waals surface area (Å²) < 4.78 is 11.9. The highest BCUT2D eigenvalue weighted by Crippen LogP contribution is 2.36. The van der Waals surface area contributed by atoms with Crippen molar-refractivity contribution in [1.82, 2.24) is 5.43 Å². The van der Waals surface area contributed by atoms with Gasteiger partial charge in [0, 0.05) is 23.4 Å². The van der Waals surface area contributed by atoms with Crippen molar-refractivity contribution in [3.8, 4) is 11.5 Å². The van der Waals surface area contributed by atoms with Crippen LogP contribution in [-0.2, 0) is 4.79 Å². The molecule has 0 aromatic heterocycles. The Morgan fingerprint density at radius 1 is 1.09 bits per heavy atom.